The number of nitrogens with zero attached hydrogens (tertiary/aromatic N) is 3. The van der Waals surface area contributed by atoms with Crippen molar-refractivity contribution < 1.29 is 9.15 Å². The van der Waals surface area contributed by atoms with E-state index in [1.54, 1.807) is 6.26 Å². The lowest BCUT2D eigenvalue weighted by atomic mass is 9.96. The molecular formula is C16H23N3O2S. The van der Waals surface area contributed by atoms with Gasteiger partial charge >= 0.3 is 0 Å². The summed E-state index contributed by atoms with van der Waals surface area (Å²) in [6.45, 7) is 8.80. The van der Waals surface area contributed by atoms with Crippen molar-refractivity contribution in [3.63, 3.8) is 0 Å². The fraction of sp³-hybridized carbons (Fsp3) is 0.625. The summed E-state index contributed by atoms with van der Waals surface area (Å²) in [6.07, 6.45) is 4.24. The molecular weight excluding hydrogens is 298 g/mol. The maximum absolute atomic E-state index is 5.78. The van der Waals surface area contributed by atoms with Crippen LogP contribution in [0.15, 0.2) is 22.8 Å². The van der Waals surface area contributed by atoms with Crippen LogP contribution in [0.4, 0.5) is 5.13 Å². The average Bonchev–Trinajstić information content (AvgIpc) is 3.20. The van der Waals surface area contributed by atoms with Gasteiger partial charge in [0.1, 0.15) is 11.6 Å². The Morgan fingerprint density at radius 2 is 2.27 bits per heavy atom. The van der Waals surface area contributed by atoms with E-state index in [0.29, 0.717) is 6.54 Å². The first-order valence-electron chi connectivity index (χ1n) is 7.75. The molecule has 1 unspecified atom stereocenters. The summed E-state index contributed by atoms with van der Waals surface area (Å²) in [5, 5.41) is 0.942. The Hall–Kier alpha value is -1.40. The second kappa shape index (κ2) is 6.38. The number of hydrogen-bond acceptors (Lipinski definition) is 6. The van der Waals surface area contributed by atoms with Crippen LogP contribution in [0.1, 0.15) is 45.2 Å². The van der Waals surface area contributed by atoms with Crippen molar-refractivity contribution >= 4 is 16.7 Å². The van der Waals surface area contributed by atoms with Gasteiger partial charge in [0.15, 0.2) is 0 Å². The molecule has 0 bridgehead atoms. The second-order valence-electron chi connectivity index (χ2n) is 6.75. The quantitative estimate of drug-likeness (QED) is 0.842. The van der Waals surface area contributed by atoms with Crippen molar-refractivity contribution in [3.8, 4) is 0 Å². The van der Waals surface area contributed by atoms with Crippen molar-refractivity contribution in [3.05, 3.63) is 30.0 Å². The molecule has 1 aliphatic heterocycles. The summed E-state index contributed by atoms with van der Waals surface area (Å²) in [4.78, 5) is 6.96. The third-order valence-corrected chi connectivity index (χ3v) is 4.51. The van der Waals surface area contributed by atoms with Gasteiger partial charge in [-0.15, -0.1) is 0 Å². The highest BCUT2D eigenvalue weighted by Gasteiger charge is 2.25. The molecule has 3 heterocycles. The number of aromatic nitrogens is 2. The maximum atomic E-state index is 5.78. The summed E-state index contributed by atoms with van der Waals surface area (Å²) < 4.78 is 15.8. The average molecular weight is 321 g/mol. The van der Waals surface area contributed by atoms with Gasteiger partial charge in [-0.1, -0.05) is 20.8 Å². The smallest absolute Gasteiger partial charge is 0.205 e. The number of furan rings is 1. The largest absolute Gasteiger partial charge is 0.467 e. The van der Waals surface area contributed by atoms with E-state index in [4.69, 9.17) is 14.1 Å². The fourth-order valence-electron chi connectivity index (χ4n) is 2.48. The molecule has 0 aliphatic carbocycles. The molecule has 3 rings (SSSR count). The molecule has 0 N–H and O–H groups in total. The zero-order valence-electron chi connectivity index (χ0n) is 13.4. The minimum Gasteiger partial charge on any atom is -0.467 e. The van der Waals surface area contributed by atoms with Crippen LogP contribution in [0.5, 0.6) is 0 Å². The fourth-order valence-corrected chi connectivity index (χ4v) is 3.35. The maximum Gasteiger partial charge on any atom is 0.205 e. The summed E-state index contributed by atoms with van der Waals surface area (Å²) in [5.74, 6) is 1.83. The van der Waals surface area contributed by atoms with Crippen LogP contribution < -0.4 is 4.90 Å². The highest BCUT2D eigenvalue weighted by Crippen LogP contribution is 2.27. The Morgan fingerprint density at radius 1 is 1.41 bits per heavy atom. The number of ether oxygens (including phenoxy) is 1. The standard InChI is InChI=1S/C16H23N3O2S/c1-16(2,3)14-17-15(22-18-14)19(10-12-6-4-8-20-12)11-13-7-5-9-21-13/h4,6,8,13H,5,7,9-11H2,1-3H3. The summed E-state index contributed by atoms with van der Waals surface area (Å²) in [7, 11) is 0. The summed E-state index contributed by atoms with van der Waals surface area (Å²) in [6, 6.07) is 3.91. The van der Waals surface area contributed by atoms with E-state index >= 15 is 0 Å². The SMILES string of the molecule is CC(C)(C)c1nsc(N(Cc2ccco2)CC2CCCO2)n1. The molecule has 6 heteroatoms. The first-order valence-corrected chi connectivity index (χ1v) is 8.53. The van der Waals surface area contributed by atoms with Gasteiger partial charge in [-0.3, -0.25) is 0 Å². The van der Waals surface area contributed by atoms with Gasteiger partial charge in [0.2, 0.25) is 5.13 Å². The van der Waals surface area contributed by atoms with E-state index < -0.39 is 0 Å². The zero-order chi connectivity index (χ0) is 15.6. The van der Waals surface area contributed by atoms with Gasteiger partial charge < -0.3 is 14.1 Å². The molecule has 0 aromatic carbocycles. The van der Waals surface area contributed by atoms with Crippen LogP contribution >= 0.6 is 11.5 Å². The van der Waals surface area contributed by atoms with E-state index in [-0.39, 0.29) is 11.5 Å². The van der Waals surface area contributed by atoms with E-state index in [2.05, 4.69) is 30.0 Å². The van der Waals surface area contributed by atoms with E-state index in [1.807, 2.05) is 12.1 Å². The zero-order valence-corrected chi connectivity index (χ0v) is 14.2. The minimum absolute atomic E-state index is 0.0328. The van der Waals surface area contributed by atoms with Crippen molar-refractivity contribution in [2.75, 3.05) is 18.1 Å². The Kier molecular flexibility index (Phi) is 4.49. The van der Waals surface area contributed by atoms with Gasteiger partial charge in [0.05, 0.1) is 18.9 Å². The molecule has 2 aromatic heterocycles. The Labute approximate surface area is 135 Å². The number of anilines is 1. The second-order valence-corrected chi connectivity index (χ2v) is 7.48. The van der Waals surface area contributed by atoms with Crippen molar-refractivity contribution in [2.24, 2.45) is 0 Å². The Bertz CT molecular complexity index is 583. The van der Waals surface area contributed by atoms with Gasteiger partial charge in [-0.05, 0) is 25.0 Å². The number of rotatable bonds is 5. The van der Waals surface area contributed by atoms with Crippen LogP contribution in [0, 0.1) is 0 Å². The van der Waals surface area contributed by atoms with Crippen LogP contribution in [-0.4, -0.2) is 28.6 Å². The summed E-state index contributed by atoms with van der Waals surface area (Å²) >= 11 is 1.46. The van der Waals surface area contributed by atoms with E-state index in [0.717, 1.165) is 42.7 Å². The van der Waals surface area contributed by atoms with E-state index in [1.165, 1.54) is 11.5 Å². The molecule has 1 fully saturated rings. The topological polar surface area (TPSA) is 51.4 Å². The lowest BCUT2D eigenvalue weighted by Gasteiger charge is -2.23. The molecule has 1 atom stereocenters. The molecule has 22 heavy (non-hydrogen) atoms. The molecule has 0 saturated carbocycles. The van der Waals surface area contributed by atoms with Crippen LogP contribution in [0.25, 0.3) is 0 Å². The van der Waals surface area contributed by atoms with Crippen molar-refractivity contribution in [1.82, 2.24) is 9.36 Å². The predicted molar refractivity (Wildman–Crippen MR) is 87.3 cm³/mol. The van der Waals surface area contributed by atoms with Crippen LogP contribution in [0.3, 0.4) is 0 Å². The Morgan fingerprint density at radius 3 is 2.86 bits per heavy atom. The molecule has 1 saturated heterocycles. The number of hydrogen-bond donors (Lipinski definition) is 0. The van der Waals surface area contributed by atoms with Crippen molar-refractivity contribution in [2.45, 2.75) is 51.7 Å². The van der Waals surface area contributed by atoms with Crippen LogP contribution in [0.2, 0.25) is 0 Å². The van der Waals surface area contributed by atoms with E-state index in [9.17, 15) is 0 Å². The van der Waals surface area contributed by atoms with Gasteiger partial charge in [-0.2, -0.15) is 4.37 Å². The molecule has 0 radical (unpaired) electrons. The van der Waals surface area contributed by atoms with Gasteiger partial charge in [0, 0.05) is 30.1 Å². The molecule has 0 amide bonds. The molecule has 5 nitrogen and oxygen atoms in total. The highest BCUT2D eigenvalue weighted by atomic mass is 32.1. The molecule has 0 spiro atoms. The van der Waals surface area contributed by atoms with Crippen molar-refractivity contribution in [1.29, 1.82) is 0 Å². The third kappa shape index (κ3) is 3.67. The predicted octanol–water partition coefficient (Wildman–Crippen LogP) is 3.61. The third-order valence-electron chi connectivity index (χ3n) is 3.73. The highest BCUT2D eigenvalue weighted by molar-refractivity contribution is 7.09. The molecule has 1 aliphatic rings. The molecule has 2 aromatic rings. The lowest BCUT2D eigenvalue weighted by molar-refractivity contribution is 0.115. The monoisotopic (exact) mass is 321 g/mol. The first kappa shape index (κ1) is 15.5. The first-order chi connectivity index (χ1) is 10.5. The lowest BCUT2D eigenvalue weighted by Crippen LogP contribution is -2.31. The summed E-state index contributed by atoms with van der Waals surface area (Å²) in [5.41, 5.74) is -0.0328. The minimum atomic E-state index is -0.0328. The van der Waals surface area contributed by atoms with Gasteiger partial charge in [-0.25, -0.2) is 4.98 Å². The van der Waals surface area contributed by atoms with Gasteiger partial charge in [0.25, 0.3) is 0 Å². The Balaban J connectivity index is 1.78. The van der Waals surface area contributed by atoms with Crippen LogP contribution in [-0.2, 0) is 16.7 Å². The normalized spacial score (nSPS) is 18.8. The molecule has 120 valence electrons.